The molecule has 0 aliphatic carbocycles. The average Bonchev–Trinajstić information content (AvgIpc) is 3.49. The SMILES string of the molecule is CC(Sc1nnc(Cc2cccs2)n1-c1ccccc1)C(=O)N1CC(=O)Nc2ccccc21. The average molecular weight is 476 g/mol. The van der Waals surface area contributed by atoms with Crippen molar-refractivity contribution >= 4 is 46.3 Å². The van der Waals surface area contributed by atoms with Crippen LogP contribution >= 0.6 is 23.1 Å². The Morgan fingerprint density at radius 2 is 1.88 bits per heavy atom. The number of thioether (sulfide) groups is 1. The monoisotopic (exact) mass is 475 g/mol. The van der Waals surface area contributed by atoms with E-state index in [0.29, 0.717) is 23.0 Å². The van der Waals surface area contributed by atoms with Crippen LogP contribution in [0.15, 0.2) is 77.3 Å². The third kappa shape index (κ3) is 4.42. The van der Waals surface area contributed by atoms with Gasteiger partial charge < -0.3 is 5.32 Å². The molecule has 5 rings (SSSR count). The third-order valence-electron chi connectivity index (χ3n) is 5.29. The van der Waals surface area contributed by atoms with Crippen LogP contribution in [0.25, 0.3) is 5.69 Å². The summed E-state index contributed by atoms with van der Waals surface area (Å²) in [7, 11) is 0. The van der Waals surface area contributed by atoms with E-state index in [4.69, 9.17) is 0 Å². The highest BCUT2D eigenvalue weighted by atomic mass is 32.2. The van der Waals surface area contributed by atoms with Gasteiger partial charge in [-0.05, 0) is 42.6 Å². The second-order valence-corrected chi connectivity index (χ2v) is 9.92. The lowest BCUT2D eigenvalue weighted by molar-refractivity contribution is -0.121. The fourth-order valence-corrected chi connectivity index (χ4v) is 5.40. The van der Waals surface area contributed by atoms with Crippen LogP contribution < -0.4 is 10.2 Å². The van der Waals surface area contributed by atoms with Gasteiger partial charge >= 0.3 is 0 Å². The zero-order chi connectivity index (χ0) is 22.8. The van der Waals surface area contributed by atoms with Crippen LogP contribution in [0.3, 0.4) is 0 Å². The van der Waals surface area contributed by atoms with Crippen LogP contribution in [0, 0.1) is 0 Å². The normalized spacial score (nSPS) is 14.0. The van der Waals surface area contributed by atoms with Crippen molar-refractivity contribution in [3.05, 3.63) is 82.8 Å². The number of benzene rings is 2. The second-order valence-electron chi connectivity index (χ2n) is 7.58. The van der Waals surface area contributed by atoms with Crippen molar-refractivity contribution in [2.24, 2.45) is 0 Å². The number of rotatable bonds is 6. The maximum absolute atomic E-state index is 13.4. The van der Waals surface area contributed by atoms with Crippen LogP contribution in [-0.2, 0) is 16.0 Å². The Hall–Kier alpha value is -3.43. The number of carbonyl (C=O) groups is 2. The highest BCUT2D eigenvalue weighted by Gasteiger charge is 2.31. The van der Waals surface area contributed by atoms with Gasteiger partial charge in [0.2, 0.25) is 11.8 Å². The first kappa shape index (κ1) is 21.4. The summed E-state index contributed by atoms with van der Waals surface area (Å²) in [5, 5.41) is 13.9. The van der Waals surface area contributed by atoms with E-state index in [1.54, 1.807) is 22.3 Å². The van der Waals surface area contributed by atoms with E-state index in [9.17, 15) is 9.59 Å². The minimum absolute atomic E-state index is 0.00422. The van der Waals surface area contributed by atoms with Gasteiger partial charge in [-0.3, -0.25) is 19.1 Å². The number of anilines is 2. The Bertz CT molecular complexity index is 1290. The van der Waals surface area contributed by atoms with E-state index >= 15 is 0 Å². The fraction of sp³-hybridized carbons (Fsp3) is 0.167. The largest absolute Gasteiger partial charge is 0.323 e. The van der Waals surface area contributed by atoms with Crippen LogP contribution in [0.1, 0.15) is 17.6 Å². The Morgan fingerprint density at radius 3 is 2.67 bits per heavy atom. The van der Waals surface area contributed by atoms with Crippen molar-refractivity contribution in [1.82, 2.24) is 14.8 Å². The van der Waals surface area contributed by atoms with Gasteiger partial charge in [0.05, 0.1) is 16.6 Å². The first-order valence-electron chi connectivity index (χ1n) is 10.5. The molecule has 0 bridgehead atoms. The zero-order valence-corrected chi connectivity index (χ0v) is 19.5. The predicted octanol–water partition coefficient (Wildman–Crippen LogP) is 4.39. The van der Waals surface area contributed by atoms with E-state index in [0.717, 1.165) is 11.5 Å². The summed E-state index contributed by atoms with van der Waals surface area (Å²) < 4.78 is 2.00. The first-order valence-corrected chi connectivity index (χ1v) is 12.2. The Balaban J connectivity index is 1.44. The van der Waals surface area contributed by atoms with E-state index in [1.165, 1.54) is 16.6 Å². The number of para-hydroxylation sites is 3. The van der Waals surface area contributed by atoms with E-state index in [-0.39, 0.29) is 18.4 Å². The smallest absolute Gasteiger partial charge is 0.244 e. The molecule has 0 spiro atoms. The summed E-state index contributed by atoms with van der Waals surface area (Å²) in [5.74, 6) is 0.461. The fourth-order valence-electron chi connectivity index (χ4n) is 3.75. The number of hydrogen-bond acceptors (Lipinski definition) is 6. The molecule has 1 aliphatic rings. The number of carbonyl (C=O) groups excluding carboxylic acids is 2. The third-order valence-corrected chi connectivity index (χ3v) is 7.20. The topological polar surface area (TPSA) is 80.1 Å². The molecule has 0 saturated heterocycles. The Kier molecular flexibility index (Phi) is 5.97. The van der Waals surface area contributed by atoms with Crippen LogP contribution in [0.5, 0.6) is 0 Å². The molecule has 0 fully saturated rings. The van der Waals surface area contributed by atoms with Crippen LogP contribution in [0.4, 0.5) is 11.4 Å². The number of aromatic nitrogens is 3. The molecule has 9 heteroatoms. The molecular weight excluding hydrogens is 454 g/mol. The van der Waals surface area contributed by atoms with Crippen molar-refractivity contribution in [2.75, 3.05) is 16.8 Å². The van der Waals surface area contributed by atoms with E-state index < -0.39 is 5.25 Å². The molecule has 1 N–H and O–H groups in total. The van der Waals surface area contributed by atoms with Gasteiger partial charge in [0, 0.05) is 17.0 Å². The number of thiophene rings is 1. The molecule has 1 aliphatic heterocycles. The molecule has 4 aromatic rings. The maximum atomic E-state index is 13.4. The summed E-state index contributed by atoms with van der Waals surface area (Å²) in [6, 6.07) is 21.3. The molecule has 33 heavy (non-hydrogen) atoms. The minimum Gasteiger partial charge on any atom is -0.323 e. The summed E-state index contributed by atoms with van der Waals surface area (Å²) >= 11 is 3.02. The lowest BCUT2D eigenvalue weighted by atomic mass is 10.2. The number of hydrogen-bond donors (Lipinski definition) is 1. The van der Waals surface area contributed by atoms with Crippen LogP contribution in [0.2, 0.25) is 0 Å². The molecule has 0 radical (unpaired) electrons. The molecular formula is C24H21N5O2S2. The maximum Gasteiger partial charge on any atom is 0.244 e. The van der Waals surface area contributed by atoms with Gasteiger partial charge in [-0.25, -0.2) is 0 Å². The van der Waals surface area contributed by atoms with E-state index in [1.807, 2.05) is 71.5 Å². The standard InChI is InChI=1S/C24H21N5O2S2/c1-16(23(31)28-15-22(30)25-19-11-5-6-12-20(19)28)33-24-27-26-21(14-18-10-7-13-32-18)29(24)17-8-3-2-4-9-17/h2-13,16H,14-15H2,1H3,(H,25,30). The van der Waals surface area contributed by atoms with Crippen molar-refractivity contribution in [3.63, 3.8) is 0 Å². The summed E-state index contributed by atoms with van der Waals surface area (Å²) in [5.41, 5.74) is 2.29. The summed E-state index contributed by atoms with van der Waals surface area (Å²) in [6.07, 6.45) is 0.655. The highest BCUT2D eigenvalue weighted by Crippen LogP contribution is 2.33. The predicted molar refractivity (Wildman–Crippen MR) is 131 cm³/mol. The van der Waals surface area contributed by atoms with Gasteiger partial charge in [-0.15, -0.1) is 21.5 Å². The Labute approximate surface area is 199 Å². The molecule has 166 valence electrons. The molecule has 3 heterocycles. The molecule has 0 saturated carbocycles. The Morgan fingerprint density at radius 1 is 1.09 bits per heavy atom. The van der Waals surface area contributed by atoms with Crippen molar-refractivity contribution < 1.29 is 9.59 Å². The van der Waals surface area contributed by atoms with E-state index in [2.05, 4.69) is 21.6 Å². The highest BCUT2D eigenvalue weighted by molar-refractivity contribution is 8.00. The molecule has 1 atom stereocenters. The molecule has 2 aromatic heterocycles. The zero-order valence-electron chi connectivity index (χ0n) is 17.8. The van der Waals surface area contributed by atoms with Crippen LogP contribution in [-0.4, -0.2) is 38.4 Å². The number of fused-ring (bicyclic) bond motifs is 1. The van der Waals surface area contributed by atoms with Gasteiger partial charge in [-0.2, -0.15) is 0 Å². The van der Waals surface area contributed by atoms with Gasteiger partial charge in [0.25, 0.3) is 0 Å². The lowest BCUT2D eigenvalue weighted by Gasteiger charge is -2.30. The van der Waals surface area contributed by atoms with Gasteiger partial charge in [0.1, 0.15) is 12.4 Å². The summed E-state index contributed by atoms with van der Waals surface area (Å²) in [4.78, 5) is 28.3. The molecule has 2 aromatic carbocycles. The number of nitrogens with one attached hydrogen (secondary N) is 1. The molecule has 1 unspecified atom stereocenters. The van der Waals surface area contributed by atoms with Gasteiger partial charge in [0.15, 0.2) is 5.16 Å². The molecule has 2 amide bonds. The van der Waals surface area contributed by atoms with Crippen molar-refractivity contribution in [1.29, 1.82) is 0 Å². The number of nitrogens with zero attached hydrogens (tertiary/aromatic N) is 4. The summed E-state index contributed by atoms with van der Waals surface area (Å²) in [6.45, 7) is 1.83. The quantitative estimate of drug-likeness (QED) is 0.419. The van der Waals surface area contributed by atoms with Crippen molar-refractivity contribution in [2.45, 2.75) is 23.8 Å². The lowest BCUT2D eigenvalue weighted by Crippen LogP contribution is -2.45. The molecule has 7 nitrogen and oxygen atoms in total. The minimum atomic E-state index is -0.467. The van der Waals surface area contributed by atoms with Crippen molar-refractivity contribution in [3.8, 4) is 5.69 Å². The van der Waals surface area contributed by atoms with Gasteiger partial charge in [-0.1, -0.05) is 48.2 Å². The number of amides is 2. The first-order chi connectivity index (χ1) is 16.1. The second kappa shape index (κ2) is 9.21.